The molecule has 2 aromatic rings. The smallest absolute Gasteiger partial charge is 0.243 e. The van der Waals surface area contributed by atoms with Gasteiger partial charge in [0.1, 0.15) is 18.1 Å². The zero-order valence-corrected chi connectivity index (χ0v) is 20.0. The minimum atomic E-state index is -3.62. The molecule has 1 aliphatic rings. The van der Waals surface area contributed by atoms with Gasteiger partial charge in [-0.25, -0.2) is 8.42 Å². The van der Waals surface area contributed by atoms with Gasteiger partial charge in [0.25, 0.3) is 0 Å². The molecule has 1 aliphatic heterocycles. The molecular weight excluding hydrogens is 444 g/mol. The lowest BCUT2D eigenvalue weighted by atomic mass is 10.1. The molecule has 0 aromatic heterocycles. The normalized spacial score (nSPS) is 14.6. The van der Waals surface area contributed by atoms with Gasteiger partial charge >= 0.3 is 0 Å². The summed E-state index contributed by atoms with van der Waals surface area (Å²) in [6.45, 7) is 4.28. The standard InChI is InChI=1S/C24H32N2O6S/c1-3-19-4-7-21(8-5-19)32-15-12-25-24(27)11-6-20-18-22(9-10-23(20)30-2)33(28,29)26-13-16-31-17-14-26/h4-5,7-10,18H,3,6,11-17H2,1-2H3,(H,25,27). The van der Waals surface area contributed by atoms with E-state index in [2.05, 4.69) is 12.2 Å². The van der Waals surface area contributed by atoms with Gasteiger partial charge in [0.05, 0.1) is 31.8 Å². The third-order valence-electron chi connectivity index (χ3n) is 5.51. The molecule has 0 atom stereocenters. The summed E-state index contributed by atoms with van der Waals surface area (Å²) >= 11 is 0. The molecule has 1 N–H and O–H groups in total. The fourth-order valence-electron chi connectivity index (χ4n) is 3.56. The molecule has 1 fully saturated rings. The Labute approximate surface area is 195 Å². The number of methoxy groups -OCH3 is 1. The number of ether oxygens (including phenoxy) is 3. The highest BCUT2D eigenvalue weighted by Gasteiger charge is 2.27. The Kier molecular flexibility index (Phi) is 9.11. The predicted octanol–water partition coefficient (Wildman–Crippen LogP) is 2.41. The summed E-state index contributed by atoms with van der Waals surface area (Å²) in [6, 6.07) is 12.7. The Balaban J connectivity index is 1.51. The first-order chi connectivity index (χ1) is 15.9. The van der Waals surface area contributed by atoms with Crippen molar-refractivity contribution in [1.82, 2.24) is 9.62 Å². The van der Waals surface area contributed by atoms with E-state index in [4.69, 9.17) is 14.2 Å². The molecule has 2 aromatic carbocycles. The van der Waals surface area contributed by atoms with Crippen LogP contribution in [0, 0.1) is 0 Å². The number of sulfonamides is 1. The second kappa shape index (κ2) is 12.0. The fraction of sp³-hybridized carbons (Fsp3) is 0.458. The molecule has 0 saturated carbocycles. The number of hydrogen-bond donors (Lipinski definition) is 1. The first-order valence-corrected chi connectivity index (χ1v) is 12.6. The topological polar surface area (TPSA) is 94.2 Å². The van der Waals surface area contributed by atoms with Gasteiger partial charge in [0, 0.05) is 19.5 Å². The number of rotatable bonds is 11. The van der Waals surface area contributed by atoms with Crippen molar-refractivity contribution >= 4 is 15.9 Å². The van der Waals surface area contributed by atoms with Crippen LogP contribution in [0.5, 0.6) is 11.5 Å². The fourth-order valence-corrected chi connectivity index (χ4v) is 5.02. The van der Waals surface area contributed by atoms with Crippen LogP contribution in [0.25, 0.3) is 0 Å². The van der Waals surface area contributed by atoms with E-state index in [1.54, 1.807) is 12.1 Å². The number of benzene rings is 2. The molecule has 0 aliphatic carbocycles. The summed E-state index contributed by atoms with van der Waals surface area (Å²) in [4.78, 5) is 12.5. The molecule has 9 heteroatoms. The highest BCUT2D eigenvalue weighted by molar-refractivity contribution is 7.89. The number of carbonyl (C=O) groups is 1. The van der Waals surface area contributed by atoms with Gasteiger partial charge < -0.3 is 19.5 Å². The molecule has 3 rings (SSSR count). The molecule has 0 spiro atoms. The van der Waals surface area contributed by atoms with E-state index in [0.29, 0.717) is 57.2 Å². The number of carbonyl (C=O) groups excluding carboxylic acids is 1. The molecule has 1 saturated heterocycles. The lowest BCUT2D eigenvalue weighted by Crippen LogP contribution is -2.40. The zero-order valence-electron chi connectivity index (χ0n) is 19.2. The number of aryl methyl sites for hydroxylation is 2. The highest BCUT2D eigenvalue weighted by atomic mass is 32.2. The Bertz CT molecular complexity index is 1020. The van der Waals surface area contributed by atoms with Crippen LogP contribution in [-0.2, 0) is 32.4 Å². The van der Waals surface area contributed by atoms with Gasteiger partial charge in [-0.15, -0.1) is 0 Å². The second-order valence-electron chi connectivity index (χ2n) is 7.69. The van der Waals surface area contributed by atoms with Gasteiger partial charge in [0.15, 0.2) is 0 Å². The average molecular weight is 477 g/mol. The van der Waals surface area contributed by atoms with E-state index in [0.717, 1.165) is 12.2 Å². The summed E-state index contributed by atoms with van der Waals surface area (Å²) in [5.41, 5.74) is 1.92. The van der Waals surface area contributed by atoms with Crippen LogP contribution in [0.2, 0.25) is 0 Å². The molecule has 0 radical (unpaired) electrons. The van der Waals surface area contributed by atoms with Crippen molar-refractivity contribution in [1.29, 1.82) is 0 Å². The summed E-state index contributed by atoms with van der Waals surface area (Å²) in [5.74, 6) is 1.19. The summed E-state index contributed by atoms with van der Waals surface area (Å²) in [5, 5.41) is 2.83. The maximum absolute atomic E-state index is 12.9. The molecule has 8 nitrogen and oxygen atoms in total. The highest BCUT2D eigenvalue weighted by Crippen LogP contribution is 2.26. The van der Waals surface area contributed by atoms with Crippen LogP contribution < -0.4 is 14.8 Å². The first-order valence-electron chi connectivity index (χ1n) is 11.2. The number of nitrogens with one attached hydrogen (secondary N) is 1. The average Bonchev–Trinajstić information content (AvgIpc) is 2.86. The first kappa shape index (κ1) is 25.0. The van der Waals surface area contributed by atoms with E-state index >= 15 is 0 Å². The van der Waals surface area contributed by atoms with Crippen LogP contribution in [0.4, 0.5) is 0 Å². The van der Waals surface area contributed by atoms with Gasteiger partial charge in [-0.05, 0) is 54.3 Å². The molecule has 1 amide bonds. The molecule has 180 valence electrons. The van der Waals surface area contributed by atoms with E-state index < -0.39 is 10.0 Å². The van der Waals surface area contributed by atoms with E-state index in [1.165, 1.54) is 23.0 Å². The Morgan fingerprint density at radius 1 is 1.12 bits per heavy atom. The monoisotopic (exact) mass is 476 g/mol. The number of morpholine rings is 1. The third-order valence-corrected chi connectivity index (χ3v) is 7.40. The van der Waals surface area contributed by atoms with E-state index in [1.807, 2.05) is 24.3 Å². The Morgan fingerprint density at radius 3 is 2.52 bits per heavy atom. The van der Waals surface area contributed by atoms with Crippen molar-refractivity contribution in [3.8, 4) is 11.5 Å². The van der Waals surface area contributed by atoms with Crippen LogP contribution in [0.15, 0.2) is 47.4 Å². The minimum Gasteiger partial charge on any atom is -0.496 e. The number of hydrogen-bond acceptors (Lipinski definition) is 6. The number of nitrogens with zero attached hydrogens (tertiary/aromatic N) is 1. The predicted molar refractivity (Wildman–Crippen MR) is 125 cm³/mol. The van der Waals surface area contributed by atoms with E-state index in [9.17, 15) is 13.2 Å². The molecule has 33 heavy (non-hydrogen) atoms. The van der Waals surface area contributed by atoms with Crippen molar-refractivity contribution < 1.29 is 27.4 Å². The van der Waals surface area contributed by atoms with Gasteiger partial charge in [0.2, 0.25) is 15.9 Å². The summed E-state index contributed by atoms with van der Waals surface area (Å²) < 4.78 is 43.6. The zero-order chi connectivity index (χ0) is 23.7. The largest absolute Gasteiger partial charge is 0.496 e. The minimum absolute atomic E-state index is 0.136. The second-order valence-corrected chi connectivity index (χ2v) is 9.62. The molecule has 1 heterocycles. The van der Waals surface area contributed by atoms with Gasteiger partial charge in [-0.3, -0.25) is 4.79 Å². The number of amides is 1. The van der Waals surface area contributed by atoms with Crippen molar-refractivity contribution in [2.75, 3.05) is 46.6 Å². The molecule has 0 unspecified atom stereocenters. The van der Waals surface area contributed by atoms with Crippen LogP contribution in [0.1, 0.15) is 24.5 Å². The summed E-state index contributed by atoms with van der Waals surface area (Å²) in [7, 11) is -2.09. The Hall–Kier alpha value is -2.62. The lowest BCUT2D eigenvalue weighted by molar-refractivity contribution is -0.121. The maximum atomic E-state index is 12.9. The van der Waals surface area contributed by atoms with Crippen LogP contribution in [-0.4, -0.2) is 65.2 Å². The van der Waals surface area contributed by atoms with Gasteiger partial charge in [-0.1, -0.05) is 19.1 Å². The van der Waals surface area contributed by atoms with Crippen molar-refractivity contribution in [3.05, 3.63) is 53.6 Å². The van der Waals surface area contributed by atoms with E-state index in [-0.39, 0.29) is 17.2 Å². The van der Waals surface area contributed by atoms with Crippen molar-refractivity contribution in [2.24, 2.45) is 0 Å². The SMILES string of the molecule is CCc1ccc(OCCNC(=O)CCc2cc(S(=O)(=O)N3CCOCC3)ccc2OC)cc1. The molecular formula is C24H32N2O6S. The lowest BCUT2D eigenvalue weighted by Gasteiger charge is -2.26. The van der Waals surface area contributed by atoms with Gasteiger partial charge in [-0.2, -0.15) is 4.31 Å². The van der Waals surface area contributed by atoms with Crippen molar-refractivity contribution in [2.45, 2.75) is 31.1 Å². The van der Waals surface area contributed by atoms with Crippen LogP contribution in [0.3, 0.4) is 0 Å². The summed E-state index contributed by atoms with van der Waals surface area (Å²) in [6.07, 6.45) is 1.55. The van der Waals surface area contributed by atoms with Crippen molar-refractivity contribution in [3.63, 3.8) is 0 Å². The van der Waals surface area contributed by atoms with Crippen LogP contribution >= 0.6 is 0 Å². The molecule has 0 bridgehead atoms. The quantitative estimate of drug-likeness (QED) is 0.501. The third kappa shape index (κ3) is 6.93. The maximum Gasteiger partial charge on any atom is 0.243 e. The Morgan fingerprint density at radius 2 is 1.85 bits per heavy atom.